The first-order valence-corrected chi connectivity index (χ1v) is 7.93. The first-order valence-electron chi connectivity index (χ1n) is 7.93. The molecule has 0 unspecified atom stereocenters. The SMILES string of the molecule is CNCCC1(C(=O)Oc2ccccc2)CCCC1.O=C(O)C(F)(F)F. The van der Waals surface area contributed by atoms with E-state index in [1.807, 2.05) is 37.4 Å². The zero-order valence-electron chi connectivity index (χ0n) is 13.9. The molecule has 0 spiro atoms. The van der Waals surface area contributed by atoms with Crippen molar-refractivity contribution in [3.63, 3.8) is 0 Å². The molecule has 1 fully saturated rings. The highest BCUT2D eigenvalue weighted by Gasteiger charge is 2.42. The van der Waals surface area contributed by atoms with Gasteiger partial charge in [-0.3, -0.25) is 4.79 Å². The number of benzene rings is 1. The number of rotatable bonds is 5. The molecule has 0 bridgehead atoms. The Morgan fingerprint density at radius 1 is 1.20 bits per heavy atom. The topological polar surface area (TPSA) is 75.6 Å². The lowest BCUT2D eigenvalue weighted by Crippen LogP contribution is -2.35. The lowest BCUT2D eigenvalue weighted by molar-refractivity contribution is -0.192. The Kier molecular flexibility index (Phi) is 7.89. The van der Waals surface area contributed by atoms with Gasteiger partial charge in [-0.15, -0.1) is 0 Å². The number of aliphatic carboxylic acids is 1. The van der Waals surface area contributed by atoms with Gasteiger partial charge in [-0.1, -0.05) is 31.0 Å². The van der Waals surface area contributed by atoms with Gasteiger partial charge in [0.25, 0.3) is 0 Å². The van der Waals surface area contributed by atoms with Crippen LogP contribution in [-0.2, 0) is 9.59 Å². The van der Waals surface area contributed by atoms with E-state index in [4.69, 9.17) is 14.6 Å². The van der Waals surface area contributed by atoms with Gasteiger partial charge in [-0.05, 0) is 45.0 Å². The van der Waals surface area contributed by atoms with E-state index in [2.05, 4.69) is 5.32 Å². The summed E-state index contributed by atoms with van der Waals surface area (Å²) >= 11 is 0. The predicted octanol–water partition coefficient (Wildman–Crippen LogP) is 3.40. The molecule has 5 nitrogen and oxygen atoms in total. The van der Waals surface area contributed by atoms with Crippen molar-refractivity contribution in [1.82, 2.24) is 5.32 Å². The molecule has 0 heterocycles. The van der Waals surface area contributed by atoms with Gasteiger partial charge in [0.05, 0.1) is 5.41 Å². The maximum Gasteiger partial charge on any atom is 0.490 e. The molecule has 8 heteroatoms. The van der Waals surface area contributed by atoms with E-state index in [0.29, 0.717) is 5.75 Å². The number of nitrogens with one attached hydrogen (secondary N) is 1. The number of ether oxygens (including phenoxy) is 1. The van der Waals surface area contributed by atoms with Gasteiger partial charge in [-0.25, -0.2) is 4.79 Å². The van der Waals surface area contributed by atoms with Crippen LogP contribution in [0.2, 0.25) is 0 Å². The number of carbonyl (C=O) groups excluding carboxylic acids is 1. The van der Waals surface area contributed by atoms with Gasteiger partial charge in [0, 0.05) is 0 Å². The number of hydrogen-bond donors (Lipinski definition) is 2. The third-order valence-corrected chi connectivity index (χ3v) is 4.04. The van der Waals surface area contributed by atoms with Crippen LogP contribution in [0.4, 0.5) is 13.2 Å². The Hall–Kier alpha value is -2.09. The van der Waals surface area contributed by atoms with Gasteiger partial charge in [0.15, 0.2) is 0 Å². The molecule has 1 aliphatic carbocycles. The molecule has 0 atom stereocenters. The van der Waals surface area contributed by atoms with E-state index in [1.165, 1.54) is 0 Å². The highest BCUT2D eigenvalue weighted by molar-refractivity contribution is 5.79. The van der Waals surface area contributed by atoms with Crippen LogP contribution in [0.25, 0.3) is 0 Å². The lowest BCUT2D eigenvalue weighted by atomic mass is 9.82. The molecule has 25 heavy (non-hydrogen) atoms. The molecule has 1 aromatic carbocycles. The third-order valence-electron chi connectivity index (χ3n) is 4.04. The summed E-state index contributed by atoms with van der Waals surface area (Å²) in [6.45, 7) is 0.865. The standard InChI is InChI=1S/C15H21NO2.C2HF3O2/c1-16-12-11-15(9-5-6-10-15)14(17)18-13-7-3-2-4-8-13;3-2(4,5)1(6)7/h2-4,7-8,16H,5-6,9-12H2,1H3;(H,6,7). The third kappa shape index (κ3) is 6.74. The van der Waals surface area contributed by atoms with Crippen molar-refractivity contribution in [2.24, 2.45) is 5.41 Å². The van der Waals surface area contributed by atoms with Crippen LogP contribution in [0, 0.1) is 5.41 Å². The van der Waals surface area contributed by atoms with Gasteiger partial charge < -0.3 is 15.2 Å². The molecule has 0 aliphatic heterocycles. The van der Waals surface area contributed by atoms with Crippen LogP contribution in [0.15, 0.2) is 30.3 Å². The lowest BCUT2D eigenvalue weighted by Gasteiger charge is -2.26. The summed E-state index contributed by atoms with van der Waals surface area (Å²) in [6.07, 6.45) is -0.0307. The van der Waals surface area contributed by atoms with Crippen LogP contribution in [0.5, 0.6) is 5.75 Å². The molecule has 1 aliphatic rings. The minimum Gasteiger partial charge on any atom is -0.475 e. The molecule has 2 N–H and O–H groups in total. The largest absolute Gasteiger partial charge is 0.490 e. The second-order valence-electron chi connectivity index (χ2n) is 5.85. The van der Waals surface area contributed by atoms with Crippen molar-refractivity contribution in [2.45, 2.75) is 38.3 Å². The summed E-state index contributed by atoms with van der Waals surface area (Å²) in [7, 11) is 1.92. The fraction of sp³-hybridized carbons (Fsp3) is 0.529. The fourth-order valence-corrected chi connectivity index (χ4v) is 2.68. The molecule has 2 rings (SSSR count). The monoisotopic (exact) mass is 361 g/mol. The van der Waals surface area contributed by atoms with Gasteiger partial charge in [0.1, 0.15) is 5.75 Å². The maximum absolute atomic E-state index is 12.4. The number of alkyl halides is 3. The highest BCUT2D eigenvalue weighted by Crippen LogP contribution is 2.42. The van der Waals surface area contributed by atoms with Crippen molar-refractivity contribution in [2.75, 3.05) is 13.6 Å². The minimum atomic E-state index is -5.08. The molecule has 0 saturated heterocycles. The van der Waals surface area contributed by atoms with E-state index in [-0.39, 0.29) is 11.4 Å². The predicted molar refractivity (Wildman–Crippen MR) is 85.2 cm³/mol. The van der Waals surface area contributed by atoms with Crippen molar-refractivity contribution >= 4 is 11.9 Å². The molecule has 140 valence electrons. The zero-order valence-corrected chi connectivity index (χ0v) is 13.9. The first kappa shape index (κ1) is 21.0. The van der Waals surface area contributed by atoms with E-state index >= 15 is 0 Å². The first-order chi connectivity index (χ1) is 11.7. The van der Waals surface area contributed by atoms with Crippen LogP contribution >= 0.6 is 0 Å². The van der Waals surface area contributed by atoms with Crippen molar-refractivity contribution in [3.05, 3.63) is 30.3 Å². The summed E-state index contributed by atoms with van der Waals surface area (Å²) in [5.74, 6) is -2.16. The van der Waals surface area contributed by atoms with Gasteiger partial charge in [0.2, 0.25) is 0 Å². The second-order valence-corrected chi connectivity index (χ2v) is 5.85. The molecular weight excluding hydrogens is 339 g/mol. The zero-order chi connectivity index (χ0) is 18.9. The summed E-state index contributed by atoms with van der Waals surface area (Å²) in [4.78, 5) is 21.3. The number of carboxylic acids is 1. The molecule has 1 saturated carbocycles. The smallest absolute Gasteiger partial charge is 0.475 e. The molecular formula is C17H22F3NO4. The summed E-state index contributed by atoms with van der Waals surface area (Å²) in [5, 5.41) is 10.3. The molecule has 0 amide bonds. The number of carboxylic acid groups (broad SMARTS) is 1. The normalized spacial score (nSPS) is 15.8. The van der Waals surface area contributed by atoms with E-state index in [0.717, 1.165) is 38.6 Å². The summed E-state index contributed by atoms with van der Waals surface area (Å²) < 4.78 is 37.3. The van der Waals surface area contributed by atoms with E-state index in [9.17, 15) is 18.0 Å². The second kappa shape index (κ2) is 9.41. The van der Waals surface area contributed by atoms with Crippen LogP contribution in [0.1, 0.15) is 32.1 Å². The Bertz CT molecular complexity index is 555. The number of halogens is 3. The number of para-hydroxylation sites is 1. The molecule has 0 radical (unpaired) electrons. The quantitative estimate of drug-likeness (QED) is 0.621. The van der Waals surface area contributed by atoms with E-state index < -0.39 is 12.1 Å². The summed E-state index contributed by atoms with van der Waals surface area (Å²) in [5.41, 5.74) is -0.265. The average Bonchev–Trinajstić information content (AvgIpc) is 3.04. The molecule has 0 aromatic heterocycles. The Morgan fingerprint density at radius 3 is 2.16 bits per heavy atom. The Balaban J connectivity index is 0.000000381. The van der Waals surface area contributed by atoms with Gasteiger partial charge in [-0.2, -0.15) is 13.2 Å². The Labute approximate surface area is 144 Å². The highest BCUT2D eigenvalue weighted by atomic mass is 19.4. The van der Waals surface area contributed by atoms with Crippen molar-refractivity contribution in [3.8, 4) is 5.75 Å². The van der Waals surface area contributed by atoms with Crippen LogP contribution in [0.3, 0.4) is 0 Å². The average molecular weight is 361 g/mol. The van der Waals surface area contributed by atoms with Crippen molar-refractivity contribution in [1.29, 1.82) is 0 Å². The minimum absolute atomic E-state index is 0.0542. The number of esters is 1. The van der Waals surface area contributed by atoms with Crippen molar-refractivity contribution < 1.29 is 32.6 Å². The van der Waals surface area contributed by atoms with Crippen LogP contribution < -0.4 is 10.1 Å². The Morgan fingerprint density at radius 2 is 1.72 bits per heavy atom. The fourth-order valence-electron chi connectivity index (χ4n) is 2.68. The van der Waals surface area contributed by atoms with E-state index in [1.54, 1.807) is 0 Å². The van der Waals surface area contributed by atoms with Gasteiger partial charge >= 0.3 is 18.1 Å². The van der Waals surface area contributed by atoms with Crippen LogP contribution in [-0.4, -0.2) is 36.8 Å². The number of carbonyl (C=O) groups is 2. The summed E-state index contributed by atoms with van der Waals surface area (Å²) in [6, 6.07) is 9.36. The molecule has 1 aromatic rings. The maximum atomic E-state index is 12.4. The number of hydrogen-bond acceptors (Lipinski definition) is 4.